The van der Waals surface area contributed by atoms with Gasteiger partial charge in [-0.25, -0.2) is 0 Å². The molecular weight excluding hydrogens is 175 g/mol. The quantitative estimate of drug-likeness (QED) is 0.571. The second-order valence-corrected chi connectivity index (χ2v) is 4.67. The van der Waals surface area contributed by atoms with E-state index in [1.807, 2.05) is 6.92 Å². The Kier molecular flexibility index (Phi) is 1.39. The van der Waals surface area contributed by atoms with E-state index in [2.05, 4.69) is 0 Å². The number of fused-ring (bicyclic) bond motifs is 1. The Bertz CT molecular complexity index is 427. The van der Waals surface area contributed by atoms with E-state index in [4.69, 9.17) is 12.3 Å². The van der Waals surface area contributed by atoms with Gasteiger partial charge in [0, 0.05) is 12.8 Å². The lowest BCUT2D eigenvalue weighted by Crippen LogP contribution is -2.20. The van der Waals surface area contributed by atoms with Crippen LogP contribution in [0.1, 0.15) is 40.9 Å². The van der Waals surface area contributed by atoms with Crippen molar-refractivity contribution < 1.29 is 9.21 Å². The molecule has 0 N–H and O–H groups in total. The van der Waals surface area contributed by atoms with Crippen molar-refractivity contribution in [2.24, 2.45) is 5.41 Å². The normalized spacial score (nSPS) is 22.5. The summed E-state index contributed by atoms with van der Waals surface area (Å²) in [5.74, 6) is 1.05. The molecule has 1 heterocycles. The molecule has 2 nitrogen and oxygen atoms in total. The molecule has 0 amide bonds. The summed E-state index contributed by atoms with van der Waals surface area (Å²) in [6.07, 6.45) is 3.93. The fourth-order valence-electron chi connectivity index (χ4n) is 2.44. The summed E-state index contributed by atoms with van der Waals surface area (Å²) in [7, 11) is 5.67. The van der Waals surface area contributed by atoms with Crippen LogP contribution < -0.4 is 5.66 Å². The van der Waals surface area contributed by atoms with Crippen LogP contribution in [0.4, 0.5) is 0 Å². The first-order chi connectivity index (χ1) is 6.61. The molecule has 1 aromatic heterocycles. The standard InChI is InChI=1S/C11H11BO2/c1-6-9-7(13)4-11(2-3-11)5-8(9)14-10(6)12/h2-5H2,1H3. The van der Waals surface area contributed by atoms with E-state index in [0.29, 0.717) is 12.1 Å². The number of hydrogen-bond donors (Lipinski definition) is 0. The summed E-state index contributed by atoms with van der Waals surface area (Å²) >= 11 is 0. The molecule has 1 fully saturated rings. The van der Waals surface area contributed by atoms with Gasteiger partial charge >= 0.3 is 0 Å². The first-order valence-corrected chi connectivity index (χ1v) is 5.02. The predicted molar refractivity (Wildman–Crippen MR) is 53.2 cm³/mol. The molecule has 2 aliphatic rings. The molecule has 14 heavy (non-hydrogen) atoms. The summed E-state index contributed by atoms with van der Waals surface area (Å²) in [6.45, 7) is 1.86. The van der Waals surface area contributed by atoms with Crippen LogP contribution >= 0.6 is 0 Å². The van der Waals surface area contributed by atoms with Crippen molar-refractivity contribution in [3.05, 3.63) is 16.9 Å². The van der Waals surface area contributed by atoms with Crippen molar-refractivity contribution in [3.63, 3.8) is 0 Å². The Morgan fingerprint density at radius 3 is 2.71 bits per heavy atom. The highest BCUT2D eigenvalue weighted by Gasteiger charge is 2.49. The number of ketones is 1. The van der Waals surface area contributed by atoms with E-state index in [1.165, 1.54) is 0 Å². The number of carbonyl (C=O) groups is 1. The maximum atomic E-state index is 11.9. The Morgan fingerprint density at radius 2 is 2.07 bits per heavy atom. The van der Waals surface area contributed by atoms with E-state index in [0.717, 1.165) is 36.1 Å². The summed E-state index contributed by atoms with van der Waals surface area (Å²) in [5.41, 5.74) is 2.27. The lowest BCUT2D eigenvalue weighted by molar-refractivity contribution is 0.0935. The molecule has 3 heteroatoms. The molecule has 0 unspecified atom stereocenters. The van der Waals surface area contributed by atoms with Crippen molar-refractivity contribution in [3.8, 4) is 0 Å². The Balaban J connectivity index is 2.14. The van der Waals surface area contributed by atoms with Crippen LogP contribution in [-0.4, -0.2) is 13.6 Å². The fourth-order valence-corrected chi connectivity index (χ4v) is 2.44. The highest BCUT2D eigenvalue weighted by molar-refractivity contribution is 6.31. The number of hydrogen-bond acceptors (Lipinski definition) is 2. The van der Waals surface area contributed by atoms with Gasteiger partial charge in [0.25, 0.3) is 0 Å². The van der Waals surface area contributed by atoms with E-state index >= 15 is 0 Å². The lowest BCUT2D eigenvalue weighted by Gasteiger charge is -2.19. The zero-order chi connectivity index (χ0) is 9.92. The molecule has 0 aliphatic heterocycles. The van der Waals surface area contributed by atoms with Gasteiger partial charge in [0.15, 0.2) is 13.6 Å². The average Bonchev–Trinajstić information content (AvgIpc) is 2.76. The van der Waals surface area contributed by atoms with Crippen LogP contribution in [0.5, 0.6) is 0 Å². The minimum Gasteiger partial charge on any atom is -0.477 e. The smallest absolute Gasteiger partial charge is 0.168 e. The minimum atomic E-state index is 0.224. The van der Waals surface area contributed by atoms with Crippen LogP contribution in [-0.2, 0) is 6.42 Å². The third kappa shape index (κ3) is 0.955. The molecule has 3 rings (SSSR count). The Labute approximate surface area is 84.1 Å². The number of Topliss-reactive ketones (excluding diaryl/α,β-unsaturated/α-hetero) is 1. The maximum absolute atomic E-state index is 11.9. The first-order valence-electron chi connectivity index (χ1n) is 5.02. The SMILES string of the molecule is [B]c1oc2c(c1C)C(=O)CC1(CC1)C2. The highest BCUT2D eigenvalue weighted by Crippen LogP contribution is 2.54. The third-order valence-corrected chi connectivity index (χ3v) is 3.56. The summed E-state index contributed by atoms with van der Waals surface area (Å²) < 4.78 is 5.44. The van der Waals surface area contributed by atoms with Gasteiger partial charge in [0.1, 0.15) is 5.76 Å². The molecule has 1 spiro atoms. The zero-order valence-electron chi connectivity index (χ0n) is 8.22. The van der Waals surface area contributed by atoms with Gasteiger partial charge < -0.3 is 4.42 Å². The van der Waals surface area contributed by atoms with Crippen molar-refractivity contribution >= 4 is 19.3 Å². The molecule has 2 aliphatic carbocycles. The molecule has 0 aromatic carbocycles. The molecule has 1 saturated carbocycles. The van der Waals surface area contributed by atoms with Gasteiger partial charge in [-0.15, -0.1) is 0 Å². The number of carbonyl (C=O) groups excluding carboxylic acids is 1. The highest BCUT2D eigenvalue weighted by atomic mass is 16.3. The van der Waals surface area contributed by atoms with Crippen molar-refractivity contribution in [2.75, 3.05) is 0 Å². The summed E-state index contributed by atoms with van der Waals surface area (Å²) in [5, 5.41) is 0. The van der Waals surface area contributed by atoms with Crippen molar-refractivity contribution in [1.82, 2.24) is 0 Å². The third-order valence-electron chi connectivity index (χ3n) is 3.56. The minimum absolute atomic E-state index is 0.224. The average molecular weight is 186 g/mol. The zero-order valence-corrected chi connectivity index (χ0v) is 8.22. The van der Waals surface area contributed by atoms with Crippen LogP contribution in [0.25, 0.3) is 0 Å². The molecule has 0 bridgehead atoms. The summed E-state index contributed by atoms with van der Waals surface area (Å²) in [4.78, 5) is 11.9. The second-order valence-electron chi connectivity index (χ2n) is 4.67. The van der Waals surface area contributed by atoms with Crippen molar-refractivity contribution in [2.45, 2.75) is 32.6 Å². The number of furan rings is 1. The van der Waals surface area contributed by atoms with Gasteiger partial charge in [0.2, 0.25) is 0 Å². The lowest BCUT2D eigenvalue weighted by atomic mass is 9.82. The van der Waals surface area contributed by atoms with E-state index in [-0.39, 0.29) is 11.2 Å². The van der Waals surface area contributed by atoms with Crippen LogP contribution in [0.15, 0.2) is 4.42 Å². The van der Waals surface area contributed by atoms with Crippen LogP contribution in [0.2, 0.25) is 0 Å². The molecule has 70 valence electrons. The van der Waals surface area contributed by atoms with Gasteiger partial charge in [-0.1, -0.05) is 0 Å². The van der Waals surface area contributed by atoms with Gasteiger partial charge in [0.05, 0.1) is 11.2 Å². The molecule has 0 saturated heterocycles. The van der Waals surface area contributed by atoms with E-state index in [1.54, 1.807) is 0 Å². The van der Waals surface area contributed by atoms with Gasteiger partial charge in [-0.3, -0.25) is 4.79 Å². The Morgan fingerprint density at radius 1 is 1.36 bits per heavy atom. The second kappa shape index (κ2) is 2.33. The maximum Gasteiger partial charge on any atom is 0.168 e. The predicted octanol–water partition coefficient (Wildman–Crippen LogP) is 1.29. The Hall–Kier alpha value is -0.985. The fraction of sp³-hybridized carbons (Fsp3) is 0.545. The molecule has 2 radical (unpaired) electrons. The molecule has 0 atom stereocenters. The van der Waals surface area contributed by atoms with E-state index < -0.39 is 0 Å². The van der Waals surface area contributed by atoms with Crippen LogP contribution in [0, 0.1) is 12.3 Å². The van der Waals surface area contributed by atoms with Gasteiger partial charge in [-0.05, 0) is 30.7 Å². The topological polar surface area (TPSA) is 30.2 Å². The summed E-state index contributed by atoms with van der Waals surface area (Å²) in [6, 6.07) is 0. The van der Waals surface area contributed by atoms with Gasteiger partial charge in [-0.2, -0.15) is 0 Å². The molecular formula is C11H11BO2. The monoisotopic (exact) mass is 186 g/mol. The largest absolute Gasteiger partial charge is 0.477 e. The van der Waals surface area contributed by atoms with Crippen molar-refractivity contribution in [1.29, 1.82) is 0 Å². The van der Waals surface area contributed by atoms with Crippen LogP contribution in [0.3, 0.4) is 0 Å². The first kappa shape index (κ1) is 8.33. The molecule has 1 aromatic rings. The van der Waals surface area contributed by atoms with E-state index in [9.17, 15) is 4.79 Å². The number of rotatable bonds is 0.